The summed E-state index contributed by atoms with van der Waals surface area (Å²) >= 11 is 0. The molecule has 3 nitrogen and oxygen atoms in total. The van der Waals surface area contributed by atoms with Gasteiger partial charge in [-0.05, 0) is 26.2 Å². The number of hydrogen-bond donors (Lipinski definition) is 2. The van der Waals surface area contributed by atoms with E-state index in [0.29, 0.717) is 6.04 Å². The number of guanidine groups is 1. The van der Waals surface area contributed by atoms with E-state index in [2.05, 4.69) is 29.5 Å². The zero-order valence-corrected chi connectivity index (χ0v) is 11.1. The van der Waals surface area contributed by atoms with Crippen LogP contribution >= 0.6 is 0 Å². The van der Waals surface area contributed by atoms with Crippen LogP contribution in [-0.2, 0) is 0 Å². The predicted molar refractivity (Wildman–Crippen MR) is 70.8 cm³/mol. The number of aliphatic imine (C=N–C) groups is 1. The van der Waals surface area contributed by atoms with Crippen LogP contribution in [0.2, 0.25) is 0 Å². The molecule has 0 amide bonds. The third-order valence-electron chi connectivity index (χ3n) is 3.22. The van der Waals surface area contributed by atoms with E-state index < -0.39 is 0 Å². The van der Waals surface area contributed by atoms with Gasteiger partial charge in [-0.15, -0.1) is 0 Å². The van der Waals surface area contributed by atoms with Gasteiger partial charge < -0.3 is 10.6 Å². The summed E-state index contributed by atoms with van der Waals surface area (Å²) in [6.07, 6.45) is 8.46. The quantitative estimate of drug-likeness (QED) is 0.570. The monoisotopic (exact) mass is 225 g/mol. The van der Waals surface area contributed by atoms with Crippen molar-refractivity contribution >= 4 is 5.96 Å². The van der Waals surface area contributed by atoms with Crippen molar-refractivity contribution in [3.63, 3.8) is 0 Å². The second-order valence-corrected chi connectivity index (χ2v) is 5.09. The molecule has 0 aromatic rings. The van der Waals surface area contributed by atoms with Crippen LogP contribution in [0.4, 0.5) is 0 Å². The van der Waals surface area contributed by atoms with E-state index in [-0.39, 0.29) is 0 Å². The summed E-state index contributed by atoms with van der Waals surface area (Å²) in [7, 11) is 1.83. The molecular formula is C13H27N3. The van der Waals surface area contributed by atoms with Crippen molar-refractivity contribution in [3.8, 4) is 0 Å². The highest BCUT2D eigenvalue weighted by Gasteiger charge is 2.12. The Bertz CT molecular complexity index is 205. The van der Waals surface area contributed by atoms with Crippen molar-refractivity contribution in [1.29, 1.82) is 0 Å². The summed E-state index contributed by atoms with van der Waals surface area (Å²) < 4.78 is 0. The molecule has 2 N–H and O–H groups in total. The van der Waals surface area contributed by atoms with Crippen LogP contribution in [0, 0.1) is 5.92 Å². The van der Waals surface area contributed by atoms with Crippen LogP contribution in [0.3, 0.4) is 0 Å². The van der Waals surface area contributed by atoms with Crippen molar-refractivity contribution < 1.29 is 0 Å². The lowest BCUT2D eigenvalue weighted by atomic mass is 9.87. The van der Waals surface area contributed by atoms with Gasteiger partial charge in [0.1, 0.15) is 0 Å². The Balaban J connectivity index is 2.12. The predicted octanol–water partition coefficient (Wildman–Crippen LogP) is 2.53. The third kappa shape index (κ3) is 5.38. The molecule has 0 spiro atoms. The highest BCUT2D eigenvalue weighted by Crippen LogP contribution is 2.25. The molecule has 1 rings (SSSR count). The fourth-order valence-electron chi connectivity index (χ4n) is 2.34. The SMILES string of the molecule is CN=C(NCCC1CCCCC1)NC(C)C. The normalized spacial score (nSPS) is 18.9. The zero-order valence-electron chi connectivity index (χ0n) is 11.1. The molecule has 1 fully saturated rings. The topological polar surface area (TPSA) is 36.4 Å². The number of hydrogen-bond acceptors (Lipinski definition) is 1. The molecule has 1 aliphatic rings. The summed E-state index contributed by atoms with van der Waals surface area (Å²) in [5.41, 5.74) is 0. The number of nitrogens with zero attached hydrogens (tertiary/aromatic N) is 1. The maximum atomic E-state index is 4.21. The number of rotatable bonds is 4. The van der Waals surface area contributed by atoms with Crippen molar-refractivity contribution in [2.45, 2.75) is 58.4 Å². The fourth-order valence-corrected chi connectivity index (χ4v) is 2.34. The van der Waals surface area contributed by atoms with Gasteiger partial charge >= 0.3 is 0 Å². The van der Waals surface area contributed by atoms with Gasteiger partial charge in [0.05, 0.1) is 0 Å². The van der Waals surface area contributed by atoms with Gasteiger partial charge in [0.15, 0.2) is 5.96 Å². The van der Waals surface area contributed by atoms with E-state index >= 15 is 0 Å². The van der Waals surface area contributed by atoms with Gasteiger partial charge in [-0.25, -0.2) is 0 Å². The minimum atomic E-state index is 0.445. The Labute approximate surface area is 100 Å². The average molecular weight is 225 g/mol. The Morgan fingerprint density at radius 3 is 2.50 bits per heavy atom. The summed E-state index contributed by atoms with van der Waals surface area (Å²) in [5.74, 6) is 1.88. The van der Waals surface area contributed by atoms with Gasteiger partial charge in [-0.3, -0.25) is 4.99 Å². The minimum absolute atomic E-state index is 0.445. The molecule has 3 heteroatoms. The van der Waals surface area contributed by atoms with Gasteiger partial charge in [0, 0.05) is 19.6 Å². The van der Waals surface area contributed by atoms with E-state index in [4.69, 9.17) is 0 Å². The molecule has 0 unspecified atom stereocenters. The van der Waals surface area contributed by atoms with Crippen molar-refractivity contribution in [3.05, 3.63) is 0 Å². The summed E-state index contributed by atoms with van der Waals surface area (Å²) in [6.45, 7) is 5.32. The second-order valence-electron chi connectivity index (χ2n) is 5.09. The average Bonchev–Trinajstić information content (AvgIpc) is 2.28. The lowest BCUT2D eigenvalue weighted by Gasteiger charge is -2.22. The third-order valence-corrected chi connectivity index (χ3v) is 3.22. The first kappa shape index (κ1) is 13.3. The van der Waals surface area contributed by atoms with Crippen molar-refractivity contribution in [2.24, 2.45) is 10.9 Å². The second kappa shape index (κ2) is 7.53. The molecule has 0 radical (unpaired) electrons. The molecule has 0 aromatic carbocycles. The van der Waals surface area contributed by atoms with Crippen LogP contribution in [0.15, 0.2) is 4.99 Å². The van der Waals surface area contributed by atoms with Gasteiger partial charge in [0.2, 0.25) is 0 Å². The molecule has 0 heterocycles. The number of nitrogens with one attached hydrogen (secondary N) is 2. The van der Waals surface area contributed by atoms with E-state index in [9.17, 15) is 0 Å². The van der Waals surface area contributed by atoms with E-state index in [1.54, 1.807) is 0 Å². The van der Waals surface area contributed by atoms with E-state index in [0.717, 1.165) is 18.4 Å². The van der Waals surface area contributed by atoms with Crippen LogP contribution < -0.4 is 10.6 Å². The maximum absolute atomic E-state index is 4.21. The lowest BCUT2D eigenvalue weighted by molar-refractivity contribution is 0.339. The molecule has 16 heavy (non-hydrogen) atoms. The molecular weight excluding hydrogens is 198 g/mol. The summed E-state index contributed by atoms with van der Waals surface area (Å²) in [5, 5.41) is 6.69. The van der Waals surface area contributed by atoms with Crippen LogP contribution in [0.25, 0.3) is 0 Å². The molecule has 0 aliphatic heterocycles. The van der Waals surface area contributed by atoms with Gasteiger partial charge in [-0.1, -0.05) is 32.1 Å². The first-order valence-corrected chi connectivity index (χ1v) is 6.69. The molecule has 94 valence electrons. The molecule has 1 aliphatic carbocycles. The van der Waals surface area contributed by atoms with Crippen LogP contribution in [-0.4, -0.2) is 25.6 Å². The lowest BCUT2D eigenvalue weighted by Crippen LogP contribution is -2.41. The zero-order chi connectivity index (χ0) is 11.8. The van der Waals surface area contributed by atoms with Crippen LogP contribution in [0.5, 0.6) is 0 Å². The molecule has 0 aromatic heterocycles. The molecule has 0 bridgehead atoms. The maximum Gasteiger partial charge on any atom is 0.191 e. The molecule has 0 atom stereocenters. The highest BCUT2D eigenvalue weighted by molar-refractivity contribution is 5.79. The molecule has 0 saturated heterocycles. The molecule has 1 saturated carbocycles. The Kier molecular flexibility index (Phi) is 6.27. The Hall–Kier alpha value is -0.730. The summed E-state index contributed by atoms with van der Waals surface area (Å²) in [6, 6.07) is 0.445. The smallest absolute Gasteiger partial charge is 0.191 e. The van der Waals surface area contributed by atoms with E-state index in [1.807, 2.05) is 7.05 Å². The van der Waals surface area contributed by atoms with Crippen LogP contribution in [0.1, 0.15) is 52.4 Å². The Morgan fingerprint density at radius 1 is 1.25 bits per heavy atom. The fraction of sp³-hybridized carbons (Fsp3) is 0.923. The van der Waals surface area contributed by atoms with Gasteiger partial charge in [0.25, 0.3) is 0 Å². The minimum Gasteiger partial charge on any atom is -0.356 e. The first-order chi connectivity index (χ1) is 7.72. The summed E-state index contributed by atoms with van der Waals surface area (Å²) in [4.78, 5) is 4.21. The Morgan fingerprint density at radius 2 is 1.94 bits per heavy atom. The highest BCUT2D eigenvalue weighted by atomic mass is 15.2. The van der Waals surface area contributed by atoms with Gasteiger partial charge in [-0.2, -0.15) is 0 Å². The largest absolute Gasteiger partial charge is 0.356 e. The van der Waals surface area contributed by atoms with E-state index in [1.165, 1.54) is 38.5 Å². The van der Waals surface area contributed by atoms with Crippen molar-refractivity contribution in [1.82, 2.24) is 10.6 Å². The first-order valence-electron chi connectivity index (χ1n) is 6.69. The standard InChI is InChI=1S/C13H27N3/c1-11(2)16-13(14-3)15-10-9-12-7-5-4-6-8-12/h11-12H,4-10H2,1-3H3,(H2,14,15,16). The van der Waals surface area contributed by atoms with Crippen molar-refractivity contribution in [2.75, 3.05) is 13.6 Å².